The zero-order chi connectivity index (χ0) is 14.7. The number of nitrogens with zero attached hydrogens (tertiary/aromatic N) is 1. The Labute approximate surface area is 121 Å². The van der Waals surface area contributed by atoms with Crippen molar-refractivity contribution < 1.29 is 13.6 Å². The Morgan fingerprint density at radius 2 is 2.20 bits per heavy atom. The van der Waals surface area contributed by atoms with Crippen LogP contribution in [0.2, 0.25) is 5.02 Å². The van der Waals surface area contributed by atoms with Gasteiger partial charge in [-0.05, 0) is 37.3 Å². The molecule has 1 heterocycles. The van der Waals surface area contributed by atoms with Crippen molar-refractivity contribution in [3.05, 3.63) is 53.2 Å². The number of anilines is 1. The van der Waals surface area contributed by atoms with Crippen LogP contribution in [0.5, 0.6) is 0 Å². The standard InChI is InChI=1S/C14H14ClFN2O2/c1-9(13-4-3-7-20-13)18(2)14(19)17-12-6-5-10(16)8-11(12)15/h3-9H,1-2H3,(H,17,19). The van der Waals surface area contributed by atoms with Crippen LogP contribution in [0.3, 0.4) is 0 Å². The minimum atomic E-state index is -0.453. The van der Waals surface area contributed by atoms with Gasteiger partial charge < -0.3 is 14.6 Å². The Hall–Kier alpha value is -2.01. The third kappa shape index (κ3) is 3.11. The number of urea groups is 1. The summed E-state index contributed by atoms with van der Waals surface area (Å²) >= 11 is 5.87. The first-order chi connectivity index (χ1) is 9.49. The fourth-order valence-electron chi connectivity index (χ4n) is 1.69. The number of carbonyl (C=O) groups is 1. The highest BCUT2D eigenvalue weighted by atomic mass is 35.5. The lowest BCUT2D eigenvalue weighted by Gasteiger charge is -2.23. The van der Waals surface area contributed by atoms with Crippen LogP contribution in [0.25, 0.3) is 0 Å². The van der Waals surface area contributed by atoms with Crippen molar-refractivity contribution in [2.24, 2.45) is 0 Å². The highest BCUT2D eigenvalue weighted by Gasteiger charge is 2.20. The van der Waals surface area contributed by atoms with Gasteiger partial charge in [-0.15, -0.1) is 0 Å². The molecule has 0 aliphatic rings. The molecule has 0 aliphatic carbocycles. The number of rotatable bonds is 3. The minimum absolute atomic E-state index is 0.150. The molecule has 1 unspecified atom stereocenters. The van der Waals surface area contributed by atoms with E-state index < -0.39 is 5.82 Å². The molecular formula is C14H14ClFN2O2. The molecule has 0 saturated carbocycles. The van der Waals surface area contributed by atoms with Crippen LogP contribution in [-0.4, -0.2) is 18.0 Å². The number of furan rings is 1. The van der Waals surface area contributed by atoms with E-state index in [9.17, 15) is 9.18 Å². The number of nitrogens with one attached hydrogen (secondary N) is 1. The quantitative estimate of drug-likeness (QED) is 0.918. The van der Waals surface area contributed by atoms with E-state index in [1.807, 2.05) is 6.92 Å². The number of amides is 2. The highest BCUT2D eigenvalue weighted by molar-refractivity contribution is 6.33. The van der Waals surface area contributed by atoms with Crippen LogP contribution < -0.4 is 5.32 Å². The maximum absolute atomic E-state index is 12.9. The molecule has 1 atom stereocenters. The van der Waals surface area contributed by atoms with Gasteiger partial charge in [-0.1, -0.05) is 11.6 Å². The summed E-state index contributed by atoms with van der Waals surface area (Å²) in [6.45, 7) is 1.84. The predicted octanol–water partition coefficient (Wildman–Crippen LogP) is 4.30. The van der Waals surface area contributed by atoms with Crippen molar-refractivity contribution >= 4 is 23.3 Å². The van der Waals surface area contributed by atoms with Crippen LogP contribution in [-0.2, 0) is 0 Å². The number of hydrogen-bond acceptors (Lipinski definition) is 2. The Morgan fingerprint density at radius 1 is 1.45 bits per heavy atom. The molecule has 1 aromatic heterocycles. The van der Waals surface area contributed by atoms with E-state index in [1.54, 1.807) is 25.4 Å². The second kappa shape index (κ2) is 5.96. The molecule has 0 fully saturated rings. The summed E-state index contributed by atoms with van der Waals surface area (Å²) in [6.07, 6.45) is 1.55. The molecule has 20 heavy (non-hydrogen) atoms. The summed E-state index contributed by atoms with van der Waals surface area (Å²) in [5.74, 6) is 0.221. The second-order valence-corrected chi connectivity index (χ2v) is 4.76. The largest absolute Gasteiger partial charge is 0.467 e. The van der Waals surface area contributed by atoms with Gasteiger partial charge in [0.25, 0.3) is 0 Å². The van der Waals surface area contributed by atoms with Gasteiger partial charge in [-0.3, -0.25) is 0 Å². The van der Waals surface area contributed by atoms with Gasteiger partial charge in [-0.25, -0.2) is 9.18 Å². The molecule has 2 aromatic rings. The Bertz CT molecular complexity index is 601. The van der Waals surface area contributed by atoms with Crippen molar-refractivity contribution in [1.82, 2.24) is 4.90 Å². The molecule has 0 aliphatic heterocycles. The van der Waals surface area contributed by atoms with Crippen molar-refractivity contribution in [1.29, 1.82) is 0 Å². The minimum Gasteiger partial charge on any atom is -0.467 e. The predicted molar refractivity (Wildman–Crippen MR) is 75.3 cm³/mol. The molecule has 4 nitrogen and oxygen atoms in total. The van der Waals surface area contributed by atoms with Gasteiger partial charge in [0.15, 0.2) is 0 Å². The lowest BCUT2D eigenvalue weighted by atomic mass is 10.2. The molecule has 0 saturated heterocycles. The molecular weight excluding hydrogens is 283 g/mol. The third-order valence-corrected chi connectivity index (χ3v) is 3.34. The molecule has 2 rings (SSSR count). The summed E-state index contributed by atoms with van der Waals surface area (Å²) in [6, 6.07) is 6.76. The van der Waals surface area contributed by atoms with E-state index in [1.165, 1.54) is 17.0 Å². The van der Waals surface area contributed by atoms with Gasteiger partial charge in [0, 0.05) is 7.05 Å². The van der Waals surface area contributed by atoms with E-state index in [2.05, 4.69) is 5.32 Å². The number of halogens is 2. The maximum Gasteiger partial charge on any atom is 0.322 e. The number of hydrogen-bond donors (Lipinski definition) is 1. The van der Waals surface area contributed by atoms with Gasteiger partial charge in [0.05, 0.1) is 23.0 Å². The lowest BCUT2D eigenvalue weighted by Crippen LogP contribution is -2.33. The summed E-state index contributed by atoms with van der Waals surface area (Å²) in [7, 11) is 1.64. The molecule has 0 bridgehead atoms. The van der Waals surface area contributed by atoms with E-state index in [0.717, 1.165) is 6.07 Å². The Balaban J connectivity index is 2.08. The van der Waals surface area contributed by atoms with E-state index in [0.29, 0.717) is 11.4 Å². The number of benzene rings is 1. The zero-order valence-electron chi connectivity index (χ0n) is 11.1. The van der Waals surface area contributed by atoms with Crippen LogP contribution in [0.4, 0.5) is 14.9 Å². The first-order valence-corrected chi connectivity index (χ1v) is 6.39. The summed E-state index contributed by atoms with van der Waals surface area (Å²) < 4.78 is 18.2. The van der Waals surface area contributed by atoms with Crippen molar-refractivity contribution in [2.75, 3.05) is 12.4 Å². The van der Waals surface area contributed by atoms with Gasteiger partial charge >= 0.3 is 6.03 Å². The second-order valence-electron chi connectivity index (χ2n) is 4.36. The average Bonchev–Trinajstić information content (AvgIpc) is 2.94. The van der Waals surface area contributed by atoms with Crippen molar-refractivity contribution in [3.63, 3.8) is 0 Å². The smallest absolute Gasteiger partial charge is 0.322 e. The zero-order valence-corrected chi connectivity index (χ0v) is 11.8. The molecule has 6 heteroatoms. The first-order valence-electron chi connectivity index (χ1n) is 6.01. The molecule has 0 spiro atoms. The molecule has 0 radical (unpaired) electrons. The lowest BCUT2D eigenvalue weighted by molar-refractivity contribution is 0.201. The van der Waals surface area contributed by atoms with Crippen LogP contribution in [0.15, 0.2) is 41.0 Å². The molecule has 1 aromatic carbocycles. The molecule has 106 valence electrons. The normalized spacial score (nSPS) is 12.0. The SMILES string of the molecule is CC(c1ccco1)N(C)C(=O)Nc1ccc(F)cc1Cl. The highest BCUT2D eigenvalue weighted by Crippen LogP contribution is 2.24. The fourth-order valence-corrected chi connectivity index (χ4v) is 1.90. The van der Waals surface area contributed by atoms with Crippen LogP contribution >= 0.6 is 11.6 Å². The van der Waals surface area contributed by atoms with Crippen LogP contribution in [0.1, 0.15) is 18.7 Å². The van der Waals surface area contributed by atoms with Gasteiger partial charge in [0.1, 0.15) is 11.6 Å². The van der Waals surface area contributed by atoms with Gasteiger partial charge in [-0.2, -0.15) is 0 Å². The van der Waals surface area contributed by atoms with Crippen molar-refractivity contribution in [3.8, 4) is 0 Å². The Morgan fingerprint density at radius 3 is 2.80 bits per heavy atom. The van der Waals surface area contributed by atoms with E-state index in [-0.39, 0.29) is 17.1 Å². The summed E-state index contributed by atoms with van der Waals surface area (Å²) in [4.78, 5) is 13.6. The number of carbonyl (C=O) groups excluding carboxylic acids is 1. The average molecular weight is 297 g/mol. The summed E-state index contributed by atoms with van der Waals surface area (Å²) in [5.41, 5.74) is 0.358. The first kappa shape index (κ1) is 14.4. The third-order valence-electron chi connectivity index (χ3n) is 3.03. The molecule has 1 N–H and O–H groups in total. The van der Waals surface area contributed by atoms with Gasteiger partial charge in [0.2, 0.25) is 0 Å². The maximum atomic E-state index is 12.9. The fraction of sp³-hybridized carbons (Fsp3) is 0.214. The van der Waals surface area contributed by atoms with Crippen LogP contribution in [0, 0.1) is 5.82 Å². The topological polar surface area (TPSA) is 45.5 Å². The summed E-state index contributed by atoms with van der Waals surface area (Å²) in [5, 5.41) is 2.78. The van der Waals surface area contributed by atoms with E-state index in [4.69, 9.17) is 16.0 Å². The van der Waals surface area contributed by atoms with E-state index >= 15 is 0 Å². The monoisotopic (exact) mass is 296 g/mol. The Kier molecular flexibility index (Phi) is 4.29. The van der Waals surface area contributed by atoms with Crippen molar-refractivity contribution in [2.45, 2.75) is 13.0 Å². The molecule has 2 amide bonds.